The first-order valence-electron chi connectivity index (χ1n) is 12.8. The van der Waals surface area contributed by atoms with Crippen molar-refractivity contribution in [1.29, 1.82) is 0 Å². The number of ether oxygens (including phenoxy) is 2. The Labute approximate surface area is 244 Å². The van der Waals surface area contributed by atoms with Crippen molar-refractivity contribution in [2.45, 2.75) is 67.3 Å². The molecule has 2 amide bonds. The molecule has 9 atom stereocenters. The number of rotatable bonds is 12. The molecule has 15 nitrogen and oxygen atoms in total. The Morgan fingerprint density at radius 1 is 0.829 bits per heavy atom. The Bertz CT molecular complexity index is 1170. The van der Waals surface area contributed by atoms with Crippen LogP contribution in [0.4, 0.5) is 0 Å². The summed E-state index contributed by atoms with van der Waals surface area (Å²) in [7, 11) is -5.09. The van der Waals surface area contributed by atoms with E-state index in [9.17, 15) is 43.2 Å². The third kappa shape index (κ3) is 12.0. The molecular formula is C23H42N4O11S3. The van der Waals surface area contributed by atoms with Gasteiger partial charge in [0.05, 0.1) is 24.2 Å². The quantitative estimate of drug-likeness (QED) is 0.123. The maximum atomic E-state index is 12.9. The molecule has 0 spiro atoms. The summed E-state index contributed by atoms with van der Waals surface area (Å²) in [5.74, 6) is -1.44. The van der Waals surface area contributed by atoms with Crippen LogP contribution in [0, 0.1) is 0 Å². The van der Waals surface area contributed by atoms with E-state index in [1.54, 1.807) is 0 Å². The summed E-state index contributed by atoms with van der Waals surface area (Å²) < 4.78 is 42.8. The Hall–Kier alpha value is -1.38. The minimum absolute atomic E-state index is 0.0390. The second-order valence-corrected chi connectivity index (χ2v) is 17.0. The summed E-state index contributed by atoms with van der Waals surface area (Å²) in [6, 6.07) is -1.78. The molecule has 41 heavy (non-hydrogen) atoms. The van der Waals surface area contributed by atoms with Gasteiger partial charge in [0.25, 0.3) is 0 Å². The summed E-state index contributed by atoms with van der Waals surface area (Å²) >= 11 is 0.946. The zero-order chi connectivity index (χ0) is 31.1. The van der Waals surface area contributed by atoms with Crippen molar-refractivity contribution in [2.24, 2.45) is 8.73 Å². The molecule has 0 aromatic heterocycles. The maximum absolute atomic E-state index is 12.9. The highest BCUT2D eigenvalue weighted by molar-refractivity contribution is 8.01. The van der Waals surface area contributed by atoms with Crippen LogP contribution in [0.2, 0.25) is 0 Å². The van der Waals surface area contributed by atoms with E-state index in [1.807, 2.05) is 0 Å². The first-order chi connectivity index (χ1) is 18.9. The molecule has 0 bridgehead atoms. The number of aliphatic hydroxyl groups excluding tert-OH is 4. The van der Waals surface area contributed by atoms with Gasteiger partial charge in [-0.3, -0.25) is 22.8 Å². The smallest absolute Gasteiger partial charge is 0.233 e. The van der Waals surface area contributed by atoms with Crippen molar-refractivity contribution in [3.05, 3.63) is 0 Å². The zero-order valence-corrected chi connectivity index (χ0v) is 26.2. The van der Waals surface area contributed by atoms with E-state index < -0.39 is 85.2 Å². The first-order valence-corrected chi connectivity index (χ1v) is 18.5. The van der Waals surface area contributed by atoms with E-state index in [4.69, 9.17) is 9.47 Å². The first kappa shape index (κ1) is 35.8. The predicted molar refractivity (Wildman–Crippen MR) is 153 cm³/mol. The topological polar surface area (TPSA) is 234 Å². The second-order valence-electron chi connectivity index (χ2n) is 10.7. The van der Waals surface area contributed by atoms with Gasteiger partial charge < -0.3 is 40.5 Å². The Kier molecular flexibility index (Phi) is 13.4. The Morgan fingerprint density at radius 2 is 1.27 bits per heavy atom. The lowest BCUT2D eigenvalue weighted by molar-refractivity contribution is -0.145. The van der Waals surface area contributed by atoms with Gasteiger partial charge in [0.2, 0.25) is 11.8 Å². The van der Waals surface area contributed by atoms with Gasteiger partial charge in [-0.25, -0.2) is 8.73 Å². The van der Waals surface area contributed by atoms with E-state index in [1.165, 1.54) is 31.9 Å². The van der Waals surface area contributed by atoms with Crippen LogP contribution in [0.1, 0.15) is 13.3 Å². The second kappa shape index (κ2) is 15.4. The molecule has 0 aromatic rings. The van der Waals surface area contributed by atoms with Crippen LogP contribution in [-0.4, -0.2) is 157 Å². The summed E-state index contributed by atoms with van der Waals surface area (Å²) in [4.78, 5) is 37.1. The van der Waals surface area contributed by atoms with Gasteiger partial charge in [-0.1, -0.05) is 0 Å². The van der Waals surface area contributed by atoms with Gasteiger partial charge in [-0.2, -0.15) is 0 Å². The van der Waals surface area contributed by atoms with Crippen molar-refractivity contribution >= 4 is 48.8 Å². The highest BCUT2D eigenvalue weighted by Gasteiger charge is 2.40. The molecule has 2 aliphatic rings. The third-order valence-corrected chi connectivity index (χ3v) is 9.03. The number of nitrogens with zero attached hydrogens (tertiary/aromatic N) is 2. The Balaban J connectivity index is 1.93. The number of carbonyl (C=O) groups excluding carboxylic acids is 3. The highest BCUT2D eigenvalue weighted by Crippen LogP contribution is 2.21. The van der Waals surface area contributed by atoms with Crippen LogP contribution >= 0.6 is 11.8 Å². The molecule has 2 fully saturated rings. The molecule has 2 heterocycles. The lowest BCUT2D eigenvalue weighted by atomic mass is 9.98. The fraction of sp³-hybridized carbons (Fsp3) is 0.870. The van der Waals surface area contributed by atoms with Crippen LogP contribution < -0.4 is 10.6 Å². The summed E-state index contributed by atoms with van der Waals surface area (Å²) in [6.07, 6.45) is -2.23. The molecule has 0 aromatic carbocycles. The average molecular weight is 647 g/mol. The van der Waals surface area contributed by atoms with E-state index in [2.05, 4.69) is 19.4 Å². The molecule has 2 aliphatic heterocycles. The summed E-state index contributed by atoms with van der Waals surface area (Å²) in [5, 5.41) is 45.6. The van der Waals surface area contributed by atoms with E-state index in [-0.39, 0.29) is 44.3 Å². The standard InChI is InChI=1S/C23H42N4O11S3/c1-12(28)11-39-17(23(34)25-8-16-22(33)20(31)14(10-38-16)27-41(4,5)36)6-18(29)24-7-15-21(32)19(30)13(9-37-15)26-40(2,3)35/h13-17,19-22,30-33H,6-11H2,1-5H3,(H,24,29)(H,25,34)/t13-,14-,15?,16?,17?,19-,20-,21+,22+/m1/s1. The maximum Gasteiger partial charge on any atom is 0.233 e. The lowest BCUT2D eigenvalue weighted by Gasteiger charge is -2.36. The van der Waals surface area contributed by atoms with Crippen molar-refractivity contribution in [1.82, 2.24) is 10.6 Å². The number of hydrogen-bond acceptors (Lipinski definition) is 14. The number of nitrogens with one attached hydrogen (secondary N) is 2. The summed E-state index contributed by atoms with van der Waals surface area (Å²) in [6.45, 7) is 0.730. The zero-order valence-electron chi connectivity index (χ0n) is 23.7. The molecular weight excluding hydrogens is 604 g/mol. The predicted octanol–water partition coefficient (Wildman–Crippen LogP) is -3.27. The number of thioether (sulfide) groups is 1. The fourth-order valence-electron chi connectivity index (χ4n) is 4.15. The number of aliphatic hydroxyl groups is 4. The van der Waals surface area contributed by atoms with E-state index in [0.717, 1.165) is 11.8 Å². The highest BCUT2D eigenvalue weighted by atomic mass is 32.2. The van der Waals surface area contributed by atoms with Crippen LogP contribution in [0.5, 0.6) is 0 Å². The largest absolute Gasteiger partial charge is 0.388 e. The SMILES string of the molecule is CC(=O)CSC(CC(=O)NCC1OC[C@@H](N=S(C)(C)=O)[C@@H](O)[C@H]1O)C(=O)NCC1OC[C@@H](N=S(C)(C)=O)[C@@H](O)[C@H]1O. The van der Waals surface area contributed by atoms with Crippen molar-refractivity contribution < 1.29 is 52.7 Å². The van der Waals surface area contributed by atoms with Crippen molar-refractivity contribution in [3.63, 3.8) is 0 Å². The lowest BCUT2D eigenvalue weighted by Crippen LogP contribution is -2.56. The third-order valence-electron chi connectivity index (χ3n) is 6.12. The minimum atomic E-state index is -2.55. The molecule has 238 valence electrons. The normalized spacial score (nSPS) is 31.5. The van der Waals surface area contributed by atoms with Gasteiger partial charge in [0.15, 0.2) is 0 Å². The van der Waals surface area contributed by atoms with Gasteiger partial charge in [-0.15, -0.1) is 11.8 Å². The molecule has 6 N–H and O–H groups in total. The van der Waals surface area contributed by atoms with Gasteiger partial charge in [0.1, 0.15) is 54.5 Å². The van der Waals surface area contributed by atoms with Crippen molar-refractivity contribution in [2.75, 3.05) is 57.1 Å². The fourth-order valence-corrected chi connectivity index (χ4v) is 6.76. The molecule has 0 radical (unpaired) electrons. The number of hydrogen-bond donors (Lipinski definition) is 6. The minimum Gasteiger partial charge on any atom is -0.388 e. The molecule has 2 rings (SSSR count). The van der Waals surface area contributed by atoms with Gasteiger partial charge in [0, 0.05) is 64.0 Å². The number of ketones is 1. The van der Waals surface area contributed by atoms with Gasteiger partial charge in [-0.05, 0) is 6.92 Å². The van der Waals surface area contributed by atoms with Gasteiger partial charge >= 0.3 is 0 Å². The van der Waals surface area contributed by atoms with Crippen LogP contribution in [-0.2, 0) is 43.3 Å². The van der Waals surface area contributed by atoms with E-state index >= 15 is 0 Å². The molecule has 2 saturated heterocycles. The molecule has 0 aliphatic carbocycles. The van der Waals surface area contributed by atoms with E-state index in [0.29, 0.717) is 0 Å². The number of Topliss-reactive ketones (excluding diaryl/α,β-unsaturated/α-hetero) is 1. The average Bonchev–Trinajstić information content (AvgIpc) is 2.84. The number of carbonyl (C=O) groups is 3. The van der Waals surface area contributed by atoms with Crippen molar-refractivity contribution in [3.8, 4) is 0 Å². The van der Waals surface area contributed by atoms with Crippen LogP contribution in [0.3, 0.4) is 0 Å². The molecule has 0 saturated carbocycles. The van der Waals surface area contributed by atoms with Crippen LogP contribution in [0.15, 0.2) is 8.73 Å². The number of amides is 2. The Morgan fingerprint density at radius 3 is 1.68 bits per heavy atom. The summed E-state index contributed by atoms with van der Waals surface area (Å²) in [5.41, 5.74) is 0. The monoisotopic (exact) mass is 646 g/mol. The molecule has 3 unspecified atom stereocenters. The van der Waals surface area contributed by atoms with Crippen LogP contribution in [0.25, 0.3) is 0 Å². The molecule has 18 heteroatoms.